The summed E-state index contributed by atoms with van der Waals surface area (Å²) in [4.78, 5) is 15.9. The second-order valence-corrected chi connectivity index (χ2v) is 4.81. The predicted octanol–water partition coefficient (Wildman–Crippen LogP) is 3.34. The highest BCUT2D eigenvalue weighted by atomic mass is 79.9. The highest BCUT2D eigenvalue weighted by molar-refractivity contribution is 9.10. The van der Waals surface area contributed by atoms with Gasteiger partial charge in [0.2, 0.25) is 0 Å². The van der Waals surface area contributed by atoms with Crippen LogP contribution in [-0.2, 0) is 0 Å². The molecular weight excluding hydrogens is 292 g/mol. The van der Waals surface area contributed by atoms with Crippen LogP contribution in [0.3, 0.4) is 0 Å². The number of carbonyl (C=O) groups is 1. The maximum absolute atomic E-state index is 12.0. The zero-order chi connectivity index (χ0) is 13.0. The Labute approximate surface area is 114 Å². The van der Waals surface area contributed by atoms with Gasteiger partial charge in [-0.15, -0.1) is 0 Å². The van der Waals surface area contributed by atoms with Crippen molar-refractivity contribution in [2.24, 2.45) is 0 Å². The number of carbonyl (C=O) groups excluding carboxylic acids is 1. The molecule has 4 heteroatoms. The number of hydrogen-bond acceptors (Lipinski definition) is 2. The lowest BCUT2D eigenvalue weighted by Crippen LogP contribution is -2.26. The van der Waals surface area contributed by atoms with Crippen molar-refractivity contribution in [2.45, 2.75) is 13.0 Å². The van der Waals surface area contributed by atoms with Crippen LogP contribution in [0.15, 0.2) is 53.3 Å². The molecule has 0 aliphatic heterocycles. The largest absolute Gasteiger partial charge is 0.345 e. The molecule has 1 heterocycles. The summed E-state index contributed by atoms with van der Waals surface area (Å²) >= 11 is 3.48. The predicted molar refractivity (Wildman–Crippen MR) is 74.3 cm³/mol. The van der Waals surface area contributed by atoms with Gasteiger partial charge in [-0.1, -0.05) is 34.1 Å². The van der Waals surface area contributed by atoms with Crippen LogP contribution in [0, 0.1) is 0 Å². The average molecular weight is 305 g/mol. The normalized spacial score (nSPS) is 11.9. The van der Waals surface area contributed by atoms with Crippen molar-refractivity contribution >= 4 is 21.8 Å². The molecular formula is C14H13BrN2O. The molecule has 1 aromatic carbocycles. The maximum atomic E-state index is 12.0. The fourth-order valence-electron chi connectivity index (χ4n) is 1.68. The third-order valence-corrected chi connectivity index (χ3v) is 3.37. The number of nitrogens with zero attached hydrogens (tertiary/aromatic N) is 1. The van der Waals surface area contributed by atoms with Gasteiger partial charge in [-0.3, -0.25) is 9.78 Å². The number of amides is 1. The topological polar surface area (TPSA) is 42.0 Å². The molecule has 18 heavy (non-hydrogen) atoms. The fourth-order valence-corrected chi connectivity index (χ4v) is 2.31. The molecule has 0 bridgehead atoms. The number of halogens is 1. The summed E-state index contributed by atoms with van der Waals surface area (Å²) in [6.45, 7) is 1.95. The van der Waals surface area contributed by atoms with Crippen LogP contribution in [0.5, 0.6) is 0 Å². The van der Waals surface area contributed by atoms with E-state index < -0.39 is 0 Å². The lowest BCUT2D eigenvalue weighted by molar-refractivity contribution is 0.0939. The molecule has 0 unspecified atom stereocenters. The van der Waals surface area contributed by atoms with E-state index in [1.807, 2.05) is 31.2 Å². The first-order chi connectivity index (χ1) is 8.68. The second-order valence-electron chi connectivity index (χ2n) is 3.96. The average Bonchev–Trinajstić information content (AvgIpc) is 2.40. The summed E-state index contributed by atoms with van der Waals surface area (Å²) in [7, 11) is 0. The third-order valence-electron chi connectivity index (χ3n) is 2.64. The fraction of sp³-hybridized carbons (Fsp3) is 0.143. The van der Waals surface area contributed by atoms with Crippen molar-refractivity contribution in [3.05, 3.63) is 64.4 Å². The lowest BCUT2D eigenvalue weighted by Gasteiger charge is -2.15. The van der Waals surface area contributed by atoms with E-state index in [4.69, 9.17) is 0 Å². The molecule has 1 N–H and O–H groups in total. The van der Waals surface area contributed by atoms with Crippen LogP contribution in [0.25, 0.3) is 0 Å². The quantitative estimate of drug-likeness (QED) is 0.945. The van der Waals surface area contributed by atoms with E-state index in [0.717, 1.165) is 10.0 Å². The van der Waals surface area contributed by atoms with Gasteiger partial charge in [0, 0.05) is 16.9 Å². The monoisotopic (exact) mass is 304 g/mol. The molecule has 92 valence electrons. The minimum atomic E-state index is -0.119. The number of benzene rings is 1. The maximum Gasteiger partial charge on any atom is 0.253 e. The number of hydrogen-bond donors (Lipinski definition) is 1. The summed E-state index contributed by atoms with van der Waals surface area (Å²) in [5, 5.41) is 2.94. The number of aromatic nitrogens is 1. The van der Waals surface area contributed by atoms with Crippen molar-refractivity contribution < 1.29 is 4.79 Å². The Hall–Kier alpha value is -1.68. The van der Waals surface area contributed by atoms with Gasteiger partial charge >= 0.3 is 0 Å². The summed E-state index contributed by atoms with van der Waals surface area (Å²) in [6.07, 6.45) is 3.20. The summed E-state index contributed by atoms with van der Waals surface area (Å²) in [5.41, 5.74) is 1.62. The van der Waals surface area contributed by atoms with Gasteiger partial charge in [0.1, 0.15) is 0 Å². The van der Waals surface area contributed by atoms with E-state index >= 15 is 0 Å². The van der Waals surface area contributed by atoms with Gasteiger partial charge in [0.05, 0.1) is 11.6 Å². The van der Waals surface area contributed by atoms with Gasteiger partial charge in [0.15, 0.2) is 0 Å². The summed E-state index contributed by atoms with van der Waals surface area (Å²) in [5.74, 6) is -0.119. The molecule has 0 saturated heterocycles. The molecule has 1 atom stereocenters. The Balaban J connectivity index is 2.11. The Bertz CT molecular complexity index is 543. The first kappa shape index (κ1) is 12.8. The van der Waals surface area contributed by atoms with Crippen molar-refractivity contribution in [2.75, 3.05) is 0 Å². The van der Waals surface area contributed by atoms with Crippen molar-refractivity contribution in [1.29, 1.82) is 0 Å². The van der Waals surface area contributed by atoms with Crippen LogP contribution in [-0.4, -0.2) is 10.9 Å². The van der Waals surface area contributed by atoms with Gasteiger partial charge in [-0.05, 0) is 30.7 Å². The van der Waals surface area contributed by atoms with Gasteiger partial charge in [0.25, 0.3) is 5.91 Å². The number of rotatable bonds is 3. The van der Waals surface area contributed by atoms with E-state index in [2.05, 4.69) is 26.2 Å². The number of nitrogens with one attached hydrogen (secondary N) is 1. The Morgan fingerprint density at radius 3 is 2.72 bits per heavy atom. The molecule has 0 aliphatic carbocycles. The molecule has 1 aromatic heterocycles. The SMILES string of the molecule is C[C@@H](NC(=O)c1cccnc1)c1ccccc1Br. The van der Waals surface area contributed by atoms with Gasteiger partial charge in [-0.2, -0.15) is 0 Å². The Morgan fingerprint density at radius 1 is 1.28 bits per heavy atom. The molecule has 2 aromatic rings. The first-order valence-electron chi connectivity index (χ1n) is 5.64. The van der Waals surface area contributed by atoms with Crippen molar-refractivity contribution in [3.63, 3.8) is 0 Å². The molecule has 0 aliphatic rings. The smallest absolute Gasteiger partial charge is 0.253 e. The van der Waals surface area contributed by atoms with Gasteiger partial charge in [-0.25, -0.2) is 0 Å². The Kier molecular flexibility index (Phi) is 4.10. The zero-order valence-electron chi connectivity index (χ0n) is 9.93. The number of pyridine rings is 1. The van der Waals surface area contributed by atoms with E-state index in [-0.39, 0.29) is 11.9 Å². The summed E-state index contributed by atoms with van der Waals surface area (Å²) in [6, 6.07) is 11.3. The van der Waals surface area contributed by atoms with Crippen LogP contribution in [0.4, 0.5) is 0 Å². The van der Waals surface area contributed by atoms with Crippen LogP contribution in [0.2, 0.25) is 0 Å². The molecule has 0 spiro atoms. The van der Waals surface area contributed by atoms with E-state index in [1.165, 1.54) is 0 Å². The molecule has 3 nitrogen and oxygen atoms in total. The summed E-state index contributed by atoms with van der Waals surface area (Å²) < 4.78 is 0.990. The van der Waals surface area contributed by atoms with Crippen molar-refractivity contribution in [3.8, 4) is 0 Å². The van der Waals surface area contributed by atoms with E-state index in [9.17, 15) is 4.79 Å². The first-order valence-corrected chi connectivity index (χ1v) is 6.43. The van der Waals surface area contributed by atoms with Crippen LogP contribution >= 0.6 is 15.9 Å². The van der Waals surface area contributed by atoms with Gasteiger partial charge < -0.3 is 5.32 Å². The van der Waals surface area contributed by atoms with Crippen molar-refractivity contribution in [1.82, 2.24) is 10.3 Å². The molecule has 2 rings (SSSR count). The van der Waals surface area contributed by atoms with E-state index in [1.54, 1.807) is 24.5 Å². The second kappa shape index (κ2) is 5.78. The lowest BCUT2D eigenvalue weighted by atomic mass is 10.1. The zero-order valence-corrected chi connectivity index (χ0v) is 11.5. The minimum Gasteiger partial charge on any atom is -0.345 e. The van der Waals surface area contributed by atoms with Crippen LogP contribution in [0.1, 0.15) is 28.9 Å². The molecule has 0 fully saturated rings. The highest BCUT2D eigenvalue weighted by Gasteiger charge is 2.13. The van der Waals surface area contributed by atoms with E-state index in [0.29, 0.717) is 5.56 Å². The molecule has 0 radical (unpaired) electrons. The standard InChI is InChI=1S/C14H13BrN2O/c1-10(12-6-2-3-7-13(12)15)17-14(18)11-5-4-8-16-9-11/h2-10H,1H3,(H,17,18)/t10-/m1/s1. The Morgan fingerprint density at radius 2 is 2.06 bits per heavy atom. The highest BCUT2D eigenvalue weighted by Crippen LogP contribution is 2.22. The third kappa shape index (κ3) is 2.96. The minimum absolute atomic E-state index is 0.0618. The van der Waals surface area contributed by atoms with Crippen LogP contribution < -0.4 is 5.32 Å². The molecule has 0 saturated carbocycles. The molecule has 1 amide bonds.